The van der Waals surface area contributed by atoms with Gasteiger partial charge in [0.05, 0.1) is 17.5 Å². The molecule has 1 aliphatic carbocycles. The molecule has 1 atom stereocenters. The molecule has 0 saturated heterocycles. The molecule has 0 amide bonds. The molecule has 0 aliphatic heterocycles. The van der Waals surface area contributed by atoms with Crippen molar-refractivity contribution >= 4 is 34.2 Å². The van der Waals surface area contributed by atoms with Gasteiger partial charge in [-0.3, -0.25) is 0 Å². The van der Waals surface area contributed by atoms with Crippen molar-refractivity contribution in [3.05, 3.63) is 69.3 Å². The van der Waals surface area contributed by atoms with Gasteiger partial charge in [-0.1, -0.05) is 32.4 Å². The molecule has 1 aromatic carbocycles. The molecule has 0 unspecified atom stereocenters. The van der Waals surface area contributed by atoms with Gasteiger partial charge in [-0.15, -0.1) is 11.3 Å². The molecular weight excluding hydrogens is 398 g/mol. The largest absolute Gasteiger partial charge is 0.316 e. The first kappa shape index (κ1) is 19.9. The van der Waals surface area contributed by atoms with E-state index in [1.807, 2.05) is 48.8 Å². The van der Waals surface area contributed by atoms with Crippen molar-refractivity contribution in [2.75, 3.05) is 0 Å². The number of hydrogen-bond donors (Lipinski definition) is 0. The van der Waals surface area contributed by atoms with Crippen LogP contribution in [-0.4, -0.2) is 10.8 Å². The molecule has 0 saturated carbocycles. The van der Waals surface area contributed by atoms with Gasteiger partial charge in [-0.25, -0.2) is 4.99 Å². The Morgan fingerprint density at radius 3 is 2.69 bits per heavy atom. The number of aliphatic imine (C=N–C) groups is 1. The molecule has 0 N–H and O–H groups in total. The van der Waals surface area contributed by atoms with E-state index < -0.39 is 0 Å². The summed E-state index contributed by atoms with van der Waals surface area (Å²) in [6.07, 6.45) is 7.03. The lowest BCUT2D eigenvalue weighted by Gasteiger charge is -2.33. The minimum Gasteiger partial charge on any atom is -0.316 e. The second kappa shape index (κ2) is 7.82. The average Bonchev–Trinajstić information content (AvgIpc) is 3.29. The van der Waals surface area contributed by atoms with Crippen LogP contribution < -0.4 is 0 Å². The molecule has 1 aliphatic rings. The lowest BCUT2D eigenvalue weighted by molar-refractivity contribution is 0.218. The fraction of sp³-hybridized carbons (Fsp3) is 0.333. The lowest BCUT2D eigenvalue weighted by atomic mass is 9.72. The van der Waals surface area contributed by atoms with Gasteiger partial charge in [0.15, 0.2) is 0 Å². The zero-order valence-electron chi connectivity index (χ0n) is 16.9. The van der Waals surface area contributed by atoms with E-state index in [1.54, 1.807) is 11.3 Å². The van der Waals surface area contributed by atoms with Crippen molar-refractivity contribution in [1.29, 1.82) is 5.26 Å². The summed E-state index contributed by atoms with van der Waals surface area (Å²) < 4.78 is 2.06. The molecule has 148 valence electrons. The first-order chi connectivity index (χ1) is 13.9. The van der Waals surface area contributed by atoms with Gasteiger partial charge < -0.3 is 4.57 Å². The summed E-state index contributed by atoms with van der Waals surface area (Å²) in [5.74, 6) is 0.652. The monoisotopic (exact) mass is 421 g/mol. The standard InChI is InChI=1S/C24H24ClN3S/c1-24(2,3)16-6-11-20-21(14-26)23(29-22(20)13-16)27-15-19-5-4-12-28(19)18-9-7-17(25)8-10-18/h4-5,7-10,12,15-16H,6,11,13H2,1-3H3/t16-/m1/s1. The van der Waals surface area contributed by atoms with Crippen LogP contribution in [0.3, 0.4) is 0 Å². The molecule has 0 radical (unpaired) electrons. The molecule has 2 aromatic heterocycles. The molecule has 0 fully saturated rings. The van der Waals surface area contributed by atoms with Crippen LogP contribution in [0.1, 0.15) is 48.9 Å². The molecule has 4 rings (SSSR count). The Morgan fingerprint density at radius 1 is 1.24 bits per heavy atom. The molecular formula is C24H24ClN3S. The van der Waals surface area contributed by atoms with Crippen LogP contribution in [-0.2, 0) is 12.8 Å². The minimum absolute atomic E-state index is 0.289. The van der Waals surface area contributed by atoms with Crippen LogP contribution in [0.4, 0.5) is 5.00 Å². The number of halogens is 1. The Hall–Kier alpha value is -2.35. The summed E-state index contributed by atoms with van der Waals surface area (Å²) >= 11 is 7.70. The molecule has 29 heavy (non-hydrogen) atoms. The SMILES string of the molecule is CC(C)(C)[C@@H]1CCc2c(sc(N=Cc3cccn3-c3ccc(Cl)cc3)c2C#N)C1. The summed E-state index contributed by atoms with van der Waals surface area (Å²) in [7, 11) is 0. The number of fused-ring (bicyclic) bond motifs is 1. The highest BCUT2D eigenvalue weighted by Gasteiger charge is 2.32. The van der Waals surface area contributed by atoms with E-state index >= 15 is 0 Å². The summed E-state index contributed by atoms with van der Waals surface area (Å²) in [5, 5.41) is 11.3. The highest BCUT2D eigenvalue weighted by atomic mass is 35.5. The fourth-order valence-electron chi connectivity index (χ4n) is 3.98. The van der Waals surface area contributed by atoms with E-state index in [1.165, 1.54) is 10.4 Å². The molecule has 5 heteroatoms. The van der Waals surface area contributed by atoms with Crippen LogP contribution in [0.2, 0.25) is 5.02 Å². The van der Waals surface area contributed by atoms with Gasteiger partial charge in [0, 0.05) is 21.8 Å². The van der Waals surface area contributed by atoms with Crippen molar-refractivity contribution in [1.82, 2.24) is 4.57 Å². The number of aromatic nitrogens is 1. The number of nitrogens with zero attached hydrogens (tertiary/aromatic N) is 3. The summed E-state index contributed by atoms with van der Waals surface area (Å²) in [6, 6.07) is 14.2. The van der Waals surface area contributed by atoms with Gasteiger partial charge in [0.25, 0.3) is 0 Å². The fourth-order valence-corrected chi connectivity index (χ4v) is 5.33. The average molecular weight is 422 g/mol. The van der Waals surface area contributed by atoms with Crippen molar-refractivity contribution in [3.8, 4) is 11.8 Å². The highest BCUT2D eigenvalue weighted by molar-refractivity contribution is 7.16. The predicted molar refractivity (Wildman–Crippen MR) is 122 cm³/mol. The second-order valence-electron chi connectivity index (χ2n) is 8.64. The molecule has 3 aromatic rings. The Kier molecular flexibility index (Phi) is 5.38. The normalized spacial score (nSPS) is 16.7. The van der Waals surface area contributed by atoms with Crippen molar-refractivity contribution < 1.29 is 0 Å². The van der Waals surface area contributed by atoms with Crippen molar-refractivity contribution in [3.63, 3.8) is 0 Å². The number of benzene rings is 1. The summed E-state index contributed by atoms with van der Waals surface area (Å²) in [5.41, 5.74) is 4.27. The van der Waals surface area contributed by atoms with E-state index in [0.29, 0.717) is 10.9 Å². The van der Waals surface area contributed by atoms with Crippen LogP contribution in [0.15, 0.2) is 47.6 Å². The van der Waals surface area contributed by atoms with E-state index in [2.05, 4.69) is 31.4 Å². The van der Waals surface area contributed by atoms with Gasteiger partial charge in [-0.05, 0) is 72.6 Å². The maximum atomic E-state index is 9.77. The summed E-state index contributed by atoms with van der Waals surface area (Å²) in [4.78, 5) is 6.08. The molecule has 0 spiro atoms. The van der Waals surface area contributed by atoms with Crippen LogP contribution in [0, 0.1) is 22.7 Å². The first-order valence-corrected chi connectivity index (χ1v) is 11.1. The maximum Gasteiger partial charge on any atom is 0.134 e. The van der Waals surface area contributed by atoms with Crippen LogP contribution >= 0.6 is 22.9 Å². The van der Waals surface area contributed by atoms with E-state index in [9.17, 15) is 5.26 Å². The summed E-state index contributed by atoms with van der Waals surface area (Å²) in [6.45, 7) is 6.93. The van der Waals surface area contributed by atoms with Crippen LogP contribution in [0.25, 0.3) is 5.69 Å². The Bertz CT molecular complexity index is 1090. The minimum atomic E-state index is 0.289. The van der Waals surface area contributed by atoms with Crippen molar-refractivity contribution in [2.24, 2.45) is 16.3 Å². The molecule has 2 heterocycles. The number of nitriles is 1. The zero-order chi connectivity index (χ0) is 20.6. The molecule has 3 nitrogen and oxygen atoms in total. The first-order valence-electron chi connectivity index (χ1n) is 9.89. The van der Waals surface area contributed by atoms with Gasteiger partial charge in [0.2, 0.25) is 0 Å². The van der Waals surface area contributed by atoms with Gasteiger partial charge >= 0.3 is 0 Å². The quantitative estimate of drug-likeness (QED) is 0.421. The third kappa shape index (κ3) is 4.03. The Labute approximate surface area is 181 Å². The third-order valence-corrected chi connectivity index (χ3v) is 7.20. The Balaban J connectivity index is 1.64. The zero-order valence-corrected chi connectivity index (χ0v) is 18.5. The number of hydrogen-bond acceptors (Lipinski definition) is 3. The van der Waals surface area contributed by atoms with Gasteiger partial charge in [-0.2, -0.15) is 5.26 Å². The van der Waals surface area contributed by atoms with Crippen molar-refractivity contribution in [2.45, 2.75) is 40.0 Å². The van der Waals surface area contributed by atoms with Gasteiger partial charge in [0.1, 0.15) is 11.1 Å². The van der Waals surface area contributed by atoms with E-state index in [0.717, 1.165) is 41.2 Å². The number of rotatable bonds is 3. The van der Waals surface area contributed by atoms with E-state index in [4.69, 9.17) is 16.6 Å². The topological polar surface area (TPSA) is 41.1 Å². The Morgan fingerprint density at radius 2 is 2.00 bits per heavy atom. The molecule has 0 bridgehead atoms. The lowest BCUT2D eigenvalue weighted by Crippen LogP contribution is -2.26. The third-order valence-electron chi connectivity index (χ3n) is 5.78. The smallest absolute Gasteiger partial charge is 0.134 e. The maximum absolute atomic E-state index is 9.77. The van der Waals surface area contributed by atoms with Crippen LogP contribution in [0.5, 0.6) is 0 Å². The van der Waals surface area contributed by atoms with E-state index in [-0.39, 0.29) is 5.41 Å². The second-order valence-corrected chi connectivity index (χ2v) is 10.2. The number of thiophene rings is 1. The predicted octanol–water partition coefficient (Wildman–Crippen LogP) is 6.97. The highest BCUT2D eigenvalue weighted by Crippen LogP contribution is 2.44.